The van der Waals surface area contributed by atoms with Gasteiger partial charge in [-0.25, -0.2) is 9.97 Å². The third-order valence-corrected chi connectivity index (χ3v) is 5.54. The zero-order valence-electron chi connectivity index (χ0n) is 17.6. The minimum atomic E-state index is 0.109. The molecule has 0 aliphatic carbocycles. The van der Waals surface area contributed by atoms with Crippen molar-refractivity contribution in [3.8, 4) is 23.0 Å². The van der Waals surface area contributed by atoms with Crippen molar-refractivity contribution in [3.63, 3.8) is 0 Å². The number of nitrogens with zero attached hydrogens (tertiary/aromatic N) is 8. The molecule has 30 heavy (non-hydrogen) atoms. The van der Waals surface area contributed by atoms with Crippen LogP contribution in [-0.4, -0.2) is 40.3 Å². The molecule has 0 saturated heterocycles. The maximum Gasteiger partial charge on any atom is 0.237 e. The number of rotatable bonds is 4. The normalized spacial score (nSPS) is 15.4. The zero-order valence-corrected chi connectivity index (χ0v) is 17.6. The molecule has 152 valence electrons. The molecule has 0 radical (unpaired) electrons. The first-order valence-corrected chi connectivity index (χ1v) is 10.3. The van der Waals surface area contributed by atoms with Crippen molar-refractivity contribution in [1.29, 1.82) is 0 Å². The van der Waals surface area contributed by atoms with Gasteiger partial charge in [0, 0.05) is 24.0 Å². The minimum Gasteiger partial charge on any atom is -0.342 e. The van der Waals surface area contributed by atoms with E-state index in [0.29, 0.717) is 5.95 Å². The van der Waals surface area contributed by atoms with Crippen LogP contribution in [0.5, 0.6) is 0 Å². The molecule has 1 aliphatic heterocycles. The highest BCUT2D eigenvalue weighted by atomic mass is 15.4. The van der Waals surface area contributed by atoms with Gasteiger partial charge in [0.15, 0.2) is 11.6 Å². The zero-order chi connectivity index (χ0) is 20.8. The Labute approximate surface area is 175 Å². The molecule has 0 N–H and O–H groups in total. The van der Waals surface area contributed by atoms with Crippen LogP contribution in [0.3, 0.4) is 0 Å². The first kappa shape index (κ1) is 18.5. The van der Waals surface area contributed by atoms with E-state index in [1.165, 1.54) is 0 Å². The molecule has 1 aromatic carbocycles. The quantitative estimate of drug-likeness (QED) is 0.517. The number of aromatic nitrogens is 7. The highest BCUT2D eigenvalue weighted by molar-refractivity contribution is 5.64. The SMILES string of the molecule is CC[C@@H]1c2nnc(C)n2-c2cnc(-n3ccnc3-c3ccccc3)nc2N1C(C)C. The summed E-state index contributed by atoms with van der Waals surface area (Å²) in [5.74, 6) is 4.10. The Kier molecular flexibility index (Phi) is 4.34. The Bertz CT molecular complexity index is 1190. The van der Waals surface area contributed by atoms with Crippen LogP contribution in [0.2, 0.25) is 0 Å². The van der Waals surface area contributed by atoms with Gasteiger partial charge in [-0.1, -0.05) is 37.3 Å². The van der Waals surface area contributed by atoms with E-state index in [0.717, 1.165) is 41.0 Å². The largest absolute Gasteiger partial charge is 0.342 e. The average molecular weight is 400 g/mol. The van der Waals surface area contributed by atoms with Crippen molar-refractivity contribution in [2.75, 3.05) is 4.90 Å². The lowest BCUT2D eigenvalue weighted by atomic mass is 10.1. The standard InChI is InChI=1S/C22H24N8/c1-5-17-21-27-26-15(4)30(21)18-13-24-22(25-20(18)29(17)14(2)3)28-12-11-23-19(28)16-9-7-6-8-10-16/h6-14,17H,5H2,1-4H3/t17-/m1/s1. The molecule has 5 rings (SSSR count). The van der Waals surface area contributed by atoms with E-state index in [2.05, 4.69) is 45.4 Å². The summed E-state index contributed by atoms with van der Waals surface area (Å²) in [7, 11) is 0. The second-order valence-electron chi connectivity index (χ2n) is 7.73. The second kappa shape index (κ2) is 7.05. The third kappa shape index (κ3) is 2.71. The first-order chi connectivity index (χ1) is 14.6. The van der Waals surface area contributed by atoms with Gasteiger partial charge in [0.1, 0.15) is 17.3 Å². The molecule has 3 aromatic heterocycles. The van der Waals surface area contributed by atoms with Gasteiger partial charge in [0.2, 0.25) is 5.95 Å². The van der Waals surface area contributed by atoms with Crippen LogP contribution in [-0.2, 0) is 0 Å². The number of hydrogen-bond donors (Lipinski definition) is 0. The van der Waals surface area contributed by atoms with Gasteiger partial charge in [-0.15, -0.1) is 10.2 Å². The average Bonchev–Trinajstić information content (AvgIpc) is 3.40. The van der Waals surface area contributed by atoms with E-state index in [1.807, 2.05) is 54.2 Å². The molecule has 4 heterocycles. The van der Waals surface area contributed by atoms with Crippen molar-refractivity contribution in [2.24, 2.45) is 0 Å². The van der Waals surface area contributed by atoms with E-state index in [1.54, 1.807) is 6.20 Å². The molecule has 0 bridgehead atoms. The molecule has 8 heteroatoms. The summed E-state index contributed by atoms with van der Waals surface area (Å²) in [5.41, 5.74) is 1.93. The molecule has 1 atom stereocenters. The predicted molar refractivity (Wildman–Crippen MR) is 115 cm³/mol. The van der Waals surface area contributed by atoms with Gasteiger partial charge in [0.25, 0.3) is 0 Å². The maximum absolute atomic E-state index is 5.02. The van der Waals surface area contributed by atoms with Crippen molar-refractivity contribution < 1.29 is 0 Å². The topological polar surface area (TPSA) is 77.5 Å². The Morgan fingerprint density at radius 3 is 2.60 bits per heavy atom. The molecular weight excluding hydrogens is 376 g/mol. The van der Waals surface area contributed by atoms with Gasteiger partial charge in [-0.05, 0) is 27.2 Å². The van der Waals surface area contributed by atoms with Gasteiger partial charge >= 0.3 is 0 Å². The maximum atomic E-state index is 5.02. The molecular formula is C22H24N8. The van der Waals surface area contributed by atoms with Crippen molar-refractivity contribution in [2.45, 2.75) is 46.2 Å². The number of benzene rings is 1. The van der Waals surface area contributed by atoms with Crippen molar-refractivity contribution in [3.05, 3.63) is 60.6 Å². The van der Waals surface area contributed by atoms with E-state index in [-0.39, 0.29) is 12.1 Å². The fourth-order valence-electron chi connectivity index (χ4n) is 4.23. The Balaban J connectivity index is 1.70. The van der Waals surface area contributed by atoms with Crippen LogP contribution >= 0.6 is 0 Å². The number of aryl methyl sites for hydroxylation is 1. The smallest absolute Gasteiger partial charge is 0.237 e. The van der Waals surface area contributed by atoms with E-state index >= 15 is 0 Å². The number of fused-ring (bicyclic) bond motifs is 3. The summed E-state index contributed by atoms with van der Waals surface area (Å²) in [4.78, 5) is 16.6. The summed E-state index contributed by atoms with van der Waals surface area (Å²) >= 11 is 0. The Hall–Kier alpha value is -3.55. The molecule has 1 aliphatic rings. The van der Waals surface area contributed by atoms with Crippen molar-refractivity contribution in [1.82, 2.24) is 34.3 Å². The molecule has 4 aromatic rings. The van der Waals surface area contributed by atoms with E-state index in [4.69, 9.17) is 9.97 Å². The number of anilines is 1. The van der Waals surface area contributed by atoms with Gasteiger partial charge in [-0.2, -0.15) is 4.98 Å². The summed E-state index contributed by atoms with van der Waals surface area (Å²) in [6.07, 6.45) is 6.46. The summed E-state index contributed by atoms with van der Waals surface area (Å²) in [6.45, 7) is 8.50. The van der Waals surface area contributed by atoms with E-state index in [9.17, 15) is 0 Å². The van der Waals surface area contributed by atoms with E-state index < -0.39 is 0 Å². The third-order valence-electron chi connectivity index (χ3n) is 5.54. The van der Waals surface area contributed by atoms with Crippen LogP contribution in [0.15, 0.2) is 48.9 Å². The predicted octanol–water partition coefficient (Wildman–Crippen LogP) is 3.90. The molecule has 8 nitrogen and oxygen atoms in total. The van der Waals surface area contributed by atoms with Crippen LogP contribution in [0.4, 0.5) is 5.82 Å². The van der Waals surface area contributed by atoms with Crippen LogP contribution in [0.25, 0.3) is 23.0 Å². The lowest BCUT2D eigenvalue weighted by Gasteiger charge is -2.39. The molecule has 0 spiro atoms. The Morgan fingerprint density at radius 2 is 1.87 bits per heavy atom. The highest BCUT2D eigenvalue weighted by Gasteiger charge is 2.36. The minimum absolute atomic E-state index is 0.109. The van der Waals surface area contributed by atoms with Gasteiger partial charge in [0.05, 0.1) is 12.2 Å². The van der Waals surface area contributed by atoms with Gasteiger partial charge < -0.3 is 4.90 Å². The summed E-state index contributed by atoms with van der Waals surface area (Å²) in [6, 6.07) is 10.4. The second-order valence-corrected chi connectivity index (χ2v) is 7.73. The van der Waals surface area contributed by atoms with Crippen LogP contribution in [0.1, 0.15) is 44.9 Å². The highest BCUT2D eigenvalue weighted by Crippen LogP contribution is 2.40. The fraction of sp³-hybridized carbons (Fsp3) is 0.318. The van der Waals surface area contributed by atoms with Crippen LogP contribution in [0, 0.1) is 6.92 Å². The van der Waals surface area contributed by atoms with Gasteiger partial charge in [-0.3, -0.25) is 9.13 Å². The molecule has 0 unspecified atom stereocenters. The Morgan fingerprint density at radius 1 is 1.07 bits per heavy atom. The number of hydrogen-bond acceptors (Lipinski definition) is 6. The monoisotopic (exact) mass is 400 g/mol. The lowest BCUT2D eigenvalue weighted by Crippen LogP contribution is -2.40. The molecule has 0 amide bonds. The fourth-order valence-corrected chi connectivity index (χ4v) is 4.23. The molecule has 0 fully saturated rings. The first-order valence-electron chi connectivity index (χ1n) is 10.3. The van der Waals surface area contributed by atoms with Crippen molar-refractivity contribution >= 4 is 5.82 Å². The number of imidazole rings is 1. The van der Waals surface area contributed by atoms with Crippen LogP contribution < -0.4 is 4.90 Å². The summed E-state index contributed by atoms with van der Waals surface area (Å²) < 4.78 is 4.02. The lowest BCUT2D eigenvalue weighted by molar-refractivity contribution is 0.496. The molecule has 0 saturated carbocycles. The summed E-state index contributed by atoms with van der Waals surface area (Å²) in [5, 5.41) is 8.80.